The molecule has 4 rings (SSSR count). The molecule has 6 heteroatoms. The van der Waals surface area contributed by atoms with E-state index in [9.17, 15) is 4.79 Å². The molecule has 1 amide bonds. The molecule has 1 aliphatic rings. The monoisotopic (exact) mass is 324 g/mol. The molecule has 2 heterocycles. The minimum Gasteiger partial charge on any atom is -0.497 e. The van der Waals surface area contributed by atoms with Crippen LogP contribution in [0.5, 0.6) is 5.75 Å². The van der Waals surface area contributed by atoms with Gasteiger partial charge in [0, 0.05) is 17.8 Å². The summed E-state index contributed by atoms with van der Waals surface area (Å²) in [6.45, 7) is 0. The number of anilines is 1. The second-order valence-electron chi connectivity index (χ2n) is 5.82. The first kappa shape index (κ1) is 14.6. The molecule has 1 saturated carbocycles. The Balaban J connectivity index is 1.55. The molecule has 0 bridgehead atoms. The Morgan fingerprint density at radius 1 is 1.21 bits per heavy atom. The number of carbonyl (C=O) groups excluding carboxylic acids is 1. The number of nitrogens with zero attached hydrogens (tertiary/aromatic N) is 1. The van der Waals surface area contributed by atoms with Gasteiger partial charge in [0.25, 0.3) is 0 Å². The standard InChI is InChI=1S/C18H16N2O4/c1-22-13-5-2-4-12(10-13)19-17(21)18(7-8-18)16-11-15(24-20-16)14-6-3-9-23-14/h2-6,9-11H,7-8H2,1H3,(H,19,21). The predicted molar refractivity (Wildman–Crippen MR) is 86.7 cm³/mol. The molecular weight excluding hydrogens is 308 g/mol. The second-order valence-corrected chi connectivity index (χ2v) is 5.82. The van der Waals surface area contributed by atoms with Gasteiger partial charge >= 0.3 is 0 Å². The molecule has 6 nitrogen and oxygen atoms in total. The number of rotatable bonds is 5. The molecule has 0 atom stereocenters. The van der Waals surface area contributed by atoms with Crippen molar-refractivity contribution in [3.05, 3.63) is 54.4 Å². The van der Waals surface area contributed by atoms with Crippen LogP contribution in [0.3, 0.4) is 0 Å². The third-order valence-electron chi connectivity index (χ3n) is 4.28. The summed E-state index contributed by atoms with van der Waals surface area (Å²) in [5, 5.41) is 7.02. The van der Waals surface area contributed by atoms with Crippen LogP contribution in [-0.4, -0.2) is 18.2 Å². The van der Waals surface area contributed by atoms with Crippen LogP contribution in [0.1, 0.15) is 18.5 Å². The third kappa shape index (κ3) is 2.46. The first-order chi connectivity index (χ1) is 11.7. The average Bonchev–Trinajstić information content (AvgIpc) is 3.02. The summed E-state index contributed by atoms with van der Waals surface area (Å²) in [4.78, 5) is 12.7. The summed E-state index contributed by atoms with van der Waals surface area (Å²) in [6, 6.07) is 12.6. The Kier molecular flexibility index (Phi) is 3.37. The van der Waals surface area contributed by atoms with Crippen molar-refractivity contribution in [2.75, 3.05) is 12.4 Å². The fourth-order valence-electron chi connectivity index (χ4n) is 2.71. The van der Waals surface area contributed by atoms with Crippen LogP contribution < -0.4 is 10.1 Å². The van der Waals surface area contributed by atoms with Gasteiger partial charge in [0.15, 0.2) is 5.76 Å². The fourth-order valence-corrected chi connectivity index (χ4v) is 2.71. The molecule has 24 heavy (non-hydrogen) atoms. The van der Waals surface area contributed by atoms with E-state index in [4.69, 9.17) is 13.7 Å². The minimum absolute atomic E-state index is 0.0879. The summed E-state index contributed by atoms with van der Waals surface area (Å²) >= 11 is 0. The Hall–Kier alpha value is -3.02. The molecule has 0 unspecified atom stereocenters. The maximum atomic E-state index is 12.7. The molecule has 1 aliphatic carbocycles. The first-order valence-corrected chi connectivity index (χ1v) is 7.68. The zero-order valence-electron chi connectivity index (χ0n) is 13.1. The number of hydrogen-bond acceptors (Lipinski definition) is 5. The van der Waals surface area contributed by atoms with Gasteiger partial charge in [-0.1, -0.05) is 11.2 Å². The largest absolute Gasteiger partial charge is 0.497 e. The summed E-state index contributed by atoms with van der Waals surface area (Å²) in [5.74, 6) is 1.72. The lowest BCUT2D eigenvalue weighted by Crippen LogP contribution is -2.28. The maximum absolute atomic E-state index is 12.7. The summed E-state index contributed by atoms with van der Waals surface area (Å²) in [7, 11) is 1.59. The SMILES string of the molecule is COc1cccc(NC(=O)C2(c3cc(-c4ccco4)on3)CC2)c1. The summed E-state index contributed by atoms with van der Waals surface area (Å²) in [5.41, 5.74) is 0.701. The van der Waals surface area contributed by atoms with Crippen LogP contribution in [0, 0.1) is 0 Å². The number of benzene rings is 1. The molecule has 2 aromatic heterocycles. The van der Waals surface area contributed by atoms with Crippen LogP contribution in [-0.2, 0) is 10.2 Å². The molecule has 0 aliphatic heterocycles. The van der Waals surface area contributed by atoms with E-state index < -0.39 is 5.41 Å². The van der Waals surface area contributed by atoms with E-state index in [-0.39, 0.29) is 5.91 Å². The lowest BCUT2D eigenvalue weighted by Gasteiger charge is -2.13. The first-order valence-electron chi connectivity index (χ1n) is 7.68. The normalized spacial score (nSPS) is 15.0. The van der Waals surface area contributed by atoms with Crippen LogP contribution in [0.4, 0.5) is 5.69 Å². The van der Waals surface area contributed by atoms with Crippen molar-refractivity contribution < 1.29 is 18.5 Å². The van der Waals surface area contributed by atoms with Crippen molar-refractivity contribution in [3.63, 3.8) is 0 Å². The van der Waals surface area contributed by atoms with E-state index >= 15 is 0 Å². The van der Waals surface area contributed by atoms with Gasteiger partial charge in [-0.05, 0) is 37.1 Å². The van der Waals surface area contributed by atoms with E-state index in [1.165, 1.54) is 0 Å². The van der Waals surface area contributed by atoms with Crippen LogP contribution in [0.25, 0.3) is 11.5 Å². The predicted octanol–water partition coefficient (Wildman–Crippen LogP) is 3.61. The van der Waals surface area contributed by atoms with E-state index in [0.29, 0.717) is 28.7 Å². The zero-order valence-corrected chi connectivity index (χ0v) is 13.1. The van der Waals surface area contributed by atoms with Gasteiger partial charge in [-0.15, -0.1) is 0 Å². The van der Waals surface area contributed by atoms with Crippen molar-refractivity contribution in [2.45, 2.75) is 18.3 Å². The summed E-state index contributed by atoms with van der Waals surface area (Å²) in [6.07, 6.45) is 3.06. The number of aromatic nitrogens is 1. The van der Waals surface area contributed by atoms with Crippen molar-refractivity contribution in [1.29, 1.82) is 0 Å². The van der Waals surface area contributed by atoms with Crippen molar-refractivity contribution >= 4 is 11.6 Å². The molecule has 0 radical (unpaired) electrons. The van der Waals surface area contributed by atoms with Gasteiger partial charge in [0.05, 0.1) is 24.5 Å². The highest BCUT2D eigenvalue weighted by Crippen LogP contribution is 2.49. The topological polar surface area (TPSA) is 77.5 Å². The molecule has 1 fully saturated rings. The highest BCUT2D eigenvalue weighted by atomic mass is 16.5. The second kappa shape index (κ2) is 5.56. The molecule has 3 aromatic rings. The van der Waals surface area contributed by atoms with Crippen molar-refractivity contribution in [3.8, 4) is 17.3 Å². The fraction of sp³-hybridized carbons (Fsp3) is 0.222. The van der Waals surface area contributed by atoms with Crippen LogP contribution in [0.15, 0.2) is 57.7 Å². The minimum atomic E-state index is -0.628. The number of nitrogens with one attached hydrogen (secondary N) is 1. The van der Waals surface area contributed by atoms with E-state index in [1.807, 2.05) is 18.2 Å². The third-order valence-corrected chi connectivity index (χ3v) is 4.28. The van der Waals surface area contributed by atoms with Gasteiger partial charge in [-0.25, -0.2) is 0 Å². The van der Waals surface area contributed by atoms with Crippen molar-refractivity contribution in [2.24, 2.45) is 0 Å². The van der Waals surface area contributed by atoms with Gasteiger partial charge in [-0.2, -0.15) is 0 Å². The van der Waals surface area contributed by atoms with Gasteiger partial charge in [0.1, 0.15) is 5.75 Å². The lowest BCUT2D eigenvalue weighted by atomic mass is 10.0. The van der Waals surface area contributed by atoms with Gasteiger partial charge in [0.2, 0.25) is 11.7 Å². The zero-order chi connectivity index (χ0) is 16.6. The van der Waals surface area contributed by atoms with E-state index in [0.717, 1.165) is 12.8 Å². The quantitative estimate of drug-likeness (QED) is 0.775. The maximum Gasteiger partial charge on any atom is 0.236 e. The average molecular weight is 324 g/mol. The number of furan rings is 1. The van der Waals surface area contributed by atoms with E-state index in [2.05, 4.69) is 10.5 Å². The highest BCUT2D eigenvalue weighted by Gasteiger charge is 2.54. The number of carbonyl (C=O) groups is 1. The molecule has 1 aromatic carbocycles. The lowest BCUT2D eigenvalue weighted by molar-refractivity contribution is -0.118. The molecular formula is C18H16N2O4. The molecule has 0 spiro atoms. The smallest absolute Gasteiger partial charge is 0.236 e. The van der Waals surface area contributed by atoms with Crippen LogP contribution in [0.2, 0.25) is 0 Å². The van der Waals surface area contributed by atoms with E-state index in [1.54, 1.807) is 37.6 Å². The molecule has 1 N–H and O–H groups in total. The van der Waals surface area contributed by atoms with Gasteiger partial charge < -0.3 is 19.0 Å². The Labute approximate surface area is 138 Å². The molecule has 122 valence electrons. The highest BCUT2D eigenvalue weighted by molar-refractivity contribution is 6.01. The number of amides is 1. The number of ether oxygens (including phenoxy) is 1. The van der Waals surface area contributed by atoms with Gasteiger partial charge in [-0.3, -0.25) is 4.79 Å². The Morgan fingerprint density at radius 2 is 2.08 bits per heavy atom. The molecule has 0 saturated heterocycles. The Morgan fingerprint density at radius 3 is 2.79 bits per heavy atom. The number of hydrogen-bond donors (Lipinski definition) is 1. The summed E-state index contributed by atoms with van der Waals surface area (Å²) < 4.78 is 15.8. The number of methoxy groups -OCH3 is 1. The van der Waals surface area contributed by atoms with Crippen molar-refractivity contribution in [1.82, 2.24) is 5.16 Å². The van der Waals surface area contributed by atoms with Crippen LogP contribution >= 0.6 is 0 Å². The Bertz CT molecular complexity index is 863.